The molecule has 1 aliphatic carbocycles. The van der Waals surface area contributed by atoms with E-state index in [-0.39, 0.29) is 24.3 Å². The third-order valence-electron chi connectivity index (χ3n) is 5.71. The van der Waals surface area contributed by atoms with Gasteiger partial charge in [-0.05, 0) is 53.4 Å². The summed E-state index contributed by atoms with van der Waals surface area (Å²) >= 11 is 0. The smallest absolute Gasteiger partial charge is 0.224 e. The first-order chi connectivity index (χ1) is 13.6. The Morgan fingerprint density at radius 1 is 1.11 bits per heavy atom. The zero-order valence-corrected chi connectivity index (χ0v) is 16.9. The van der Waals surface area contributed by atoms with Crippen molar-refractivity contribution in [3.05, 3.63) is 59.7 Å². The fourth-order valence-corrected chi connectivity index (χ4v) is 4.45. The number of carbonyl (C=O) groups excluding carboxylic acids is 1. The van der Waals surface area contributed by atoms with Crippen LogP contribution >= 0.6 is 0 Å². The molecule has 2 unspecified atom stereocenters. The van der Waals surface area contributed by atoms with Crippen LogP contribution in [0.5, 0.6) is 0 Å². The Labute approximate surface area is 168 Å². The number of nitrogens with one attached hydrogen (secondary N) is 1. The molecule has 146 valence electrons. The molecule has 3 heteroatoms. The minimum atomic E-state index is -0.0523. The van der Waals surface area contributed by atoms with Crippen molar-refractivity contribution in [3.8, 4) is 17.2 Å². The highest BCUT2D eigenvalue weighted by atomic mass is 16.1. The van der Waals surface area contributed by atoms with Crippen molar-refractivity contribution in [1.29, 1.82) is 5.26 Å². The summed E-state index contributed by atoms with van der Waals surface area (Å²) in [5.41, 5.74) is 5.06. The van der Waals surface area contributed by atoms with Gasteiger partial charge in [0.05, 0.1) is 6.07 Å². The fraction of sp³-hybridized carbons (Fsp3) is 0.440. The predicted octanol–water partition coefficient (Wildman–Crippen LogP) is 5.47. The topological polar surface area (TPSA) is 52.9 Å². The molecule has 28 heavy (non-hydrogen) atoms. The summed E-state index contributed by atoms with van der Waals surface area (Å²) in [5, 5.41) is 11.6. The molecule has 1 saturated carbocycles. The van der Waals surface area contributed by atoms with Crippen molar-refractivity contribution in [2.45, 2.75) is 51.9 Å². The van der Waals surface area contributed by atoms with Crippen molar-refractivity contribution in [2.75, 3.05) is 6.54 Å². The molecule has 1 fully saturated rings. The zero-order chi connectivity index (χ0) is 19.9. The van der Waals surface area contributed by atoms with Crippen molar-refractivity contribution < 1.29 is 4.79 Å². The maximum Gasteiger partial charge on any atom is 0.224 e. The Bertz CT molecular complexity index is 832. The molecule has 0 aliphatic heterocycles. The normalized spacial score (nSPS) is 19.2. The summed E-state index contributed by atoms with van der Waals surface area (Å²) in [7, 11) is 0. The first-order valence-corrected chi connectivity index (χ1v) is 10.4. The van der Waals surface area contributed by atoms with Crippen LogP contribution in [-0.4, -0.2) is 12.5 Å². The number of amides is 1. The molecule has 0 bridgehead atoms. The van der Waals surface area contributed by atoms with Crippen molar-refractivity contribution >= 4 is 5.91 Å². The molecule has 0 heterocycles. The second kappa shape index (κ2) is 9.55. The minimum absolute atomic E-state index is 0.0216. The maximum atomic E-state index is 12.7. The highest BCUT2D eigenvalue weighted by molar-refractivity contribution is 5.81. The van der Waals surface area contributed by atoms with E-state index in [9.17, 15) is 4.79 Å². The van der Waals surface area contributed by atoms with Crippen LogP contribution in [0.4, 0.5) is 0 Å². The second-order valence-corrected chi connectivity index (χ2v) is 8.26. The lowest BCUT2D eigenvalue weighted by Crippen LogP contribution is -2.36. The number of nitriles is 1. The van der Waals surface area contributed by atoms with Crippen LogP contribution in [-0.2, 0) is 11.2 Å². The third kappa shape index (κ3) is 4.81. The molecule has 2 aromatic carbocycles. The van der Waals surface area contributed by atoms with E-state index in [1.54, 1.807) is 0 Å². The Morgan fingerprint density at radius 3 is 2.54 bits per heavy atom. The lowest BCUT2D eigenvalue weighted by Gasteiger charge is -2.32. The molecule has 1 N–H and O–H groups in total. The second-order valence-electron chi connectivity index (χ2n) is 8.26. The van der Waals surface area contributed by atoms with Gasteiger partial charge in [-0.25, -0.2) is 0 Å². The minimum Gasteiger partial charge on any atom is -0.343 e. The van der Waals surface area contributed by atoms with Gasteiger partial charge in [-0.2, -0.15) is 5.26 Å². The van der Waals surface area contributed by atoms with Gasteiger partial charge in [-0.15, -0.1) is 0 Å². The summed E-state index contributed by atoms with van der Waals surface area (Å²) in [5.74, 6) is 0.823. The highest BCUT2D eigenvalue weighted by Gasteiger charge is 2.33. The van der Waals surface area contributed by atoms with Gasteiger partial charge in [0.2, 0.25) is 5.91 Å². The molecule has 1 aliphatic rings. The Hall–Kier alpha value is -2.60. The van der Waals surface area contributed by atoms with Crippen molar-refractivity contribution in [2.24, 2.45) is 11.8 Å². The molecule has 2 atom stereocenters. The first-order valence-electron chi connectivity index (χ1n) is 10.4. The molecule has 3 nitrogen and oxygen atoms in total. The van der Waals surface area contributed by atoms with E-state index >= 15 is 0 Å². The van der Waals surface area contributed by atoms with Crippen molar-refractivity contribution in [1.82, 2.24) is 5.32 Å². The van der Waals surface area contributed by atoms with Gasteiger partial charge < -0.3 is 5.32 Å². The third-order valence-corrected chi connectivity index (χ3v) is 5.71. The summed E-state index contributed by atoms with van der Waals surface area (Å²) < 4.78 is 0. The molecule has 0 spiro atoms. The van der Waals surface area contributed by atoms with Gasteiger partial charge in [0, 0.05) is 5.92 Å². The van der Waals surface area contributed by atoms with E-state index in [1.165, 1.54) is 22.3 Å². The highest BCUT2D eigenvalue weighted by Crippen LogP contribution is 2.42. The van der Waals surface area contributed by atoms with Gasteiger partial charge in [-0.3, -0.25) is 4.79 Å². The first kappa shape index (κ1) is 20.1. The number of nitrogens with zero attached hydrogens (tertiary/aromatic N) is 1. The molecule has 0 aromatic heterocycles. The molecule has 2 aromatic rings. The Morgan fingerprint density at radius 2 is 1.82 bits per heavy atom. The molecule has 0 saturated heterocycles. The predicted molar refractivity (Wildman–Crippen MR) is 114 cm³/mol. The van der Waals surface area contributed by atoms with E-state index in [2.05, 4.69) is 67.7 Å². The molecule has 3 rings (SSSR count). The van der Waals surface area contributed by atoms with Crippen LogP contribution in [0.15, 0.2) is 48.5 Å². The SMILES string of the molecule is CC(C)Cc1ccc(-c2ccccc2C2CCCCC2C(=O)NCC#N)cc1. The van der Waals surface area contributed by atoms with E-state index in [0.717, 1.165) is 32.1 Å². The maximum absolute atomic E-state index is 12.7. The van der Waals surface area contributed by atoms with E-state index < -0.39 is 0 Å². The van der Waals surface area contributed by atoms with Crippen LogP contribution < -0.4 is 5.32 Å². The Balaban J connectivity index is 1.90. The lowest BCUT2D eigenvalue weighted by molar-refractivity contribution is -0.126. The monoisotopic (exact) mass is 374 g/mol. The van der Waals surface area contributed by atoms with Gasteiger partial charge in [0.15, 0.2) is 0 Å². The average molecular weight is 375 g/mol. The molecule has 1 amide bonds. The number of hydrogen-bond acceptors (Lipinski definition) is 2. The largest absolute Gasteiger partial charge is 0.343 e. The van der Waals surface area contributed by atoms with Crippen LogP contribution in [0.3, 0.4) is 0 Å². The molecular weight excluding hydrogens is 344 g/mol. The number of rotatable bonds is 6. The number of hydrogen-bond donors (Lipinski definition) is 1. The van der Waals surface area contributed by atoms with Crippen LogP contribution in [0.1, 0.15) is 56.6 Å². The number of carbonyl (C=O) groups is 1. The van der Waals surface area contributed by atoms with Crippen LogP contribution in [0.2, 0.25) is 0 Å². The van der Waals surface area contributed by atoms with E-state index in [4.69, 9.17) is 5.26 Å². The standard InChI is InChI=1S/C25H30N2O/c1-18(2)17-19-11-13-20(14-12-19)21-7-3-4-8-22(21)23-9-5-6-10-24(23)25(28)27-16-15-26/h3-4,7-8,11-14,18,23-24H,5-6,9-10,16-17H2,1-2H3,(H,27,28). The van der Waals surface area contributed by atoms with E-state index in [0.29, 0.717) is 5.92 Å². The quantitative estimate of drug-likeness (QED) is 0.682. The van der Waals surface area contributed by atoms with Gasteiger partial charge >= 0.3 is 0 Å². The van der Waals surface area contributed by atoms with Gasteiger partial charge in [0.25, 0.3) is 0 Å². The van der Waals surface area contributed by atoms with Gasteiger partial charge in [0.1, 0.15) is 6.54 Å². The molecular formula is C25H30N2O. The Kier molecular flexibility index (Phi) is 6.87. The summed E-state index contributed by atoms with van der Waals surface area (Å²) in [4.78, 5) is 12.7. The lowest BCUT2D eigenvalue weighted by atomic mass is 9.73. The van der Waals surface area contributed by atoms with Crippen LogP contribution in [0, 0.1) is 23.2 Å². The van der Waals surface area contributed by atoms with E-state index in [1.807, 2.05) is 6.07 Å². The summed E-state index contributed by atoms with van der Waals surface area (Å²) in [6, 6.07) is 19.4. The molecule has 0 radical (unpaired) electrons. The van der Waals surface area contributed by atoms with Crippen LogP contribution in [0.25, 0.3) is 11.1 Å². The average Bonchev–Trinajstić information content (AvgIpc) is 2.72. The summed E-state index contributed by atoms with van der Waals surface area (Å²) in [6.45, 7) is 4.56. The van der Waals surface area contributed by atoms with Gasteiger partial charge in [-0.1, -0.05) is 75.2 Å². The summed E-state index contributed by atoms with van der Waals surface area (Å²) in [6.07, 6.45) is 5.23. The fourth-order valence-electron chi connectivity index (χ4n) is 4.45. The number of benzene rings is 2. The zero-order valence-electron chi connectivity index (χ0n) is 16.9. The van der Waals surface area contributed by atoms with Crippen molar-refractivity contribution in [3.63, 3.8) is 0 Å².